The number of nitrogens with one attached hydrogen (secondary N) is 1. The molecule has 3 atom stereocenters. The second-order valence-electron chi connectivity index (χ2n) is 6.31. The summed E-state index contributed by atoms with van der Waals surface area (Å²) >= 11 is 0. The normalized spacial score (nSPS) is 26.7. The lowest BCUT2D eigenvalue weighted by molar-refractivity contribution is 0.260. The molecule has 1 N–H and O–H groups in total. The monoisotopic (exact) mass is 313 g/mol. The molecule has 1 aliphatic carbocycles. The predicted octanol–water partition coefficient (Wildman–Crippen LogP) is 2.55. The highest BCUT2D eigenvalue weighted by Gasteiger charge is 2.24. The van der Waals surface area contributed by atoms with E-state index in [4.69, 9.17) is 0 Å². The fourth-order valence-corrected chi connectivity index (χ4v) is 3.58. The summed E-state index contributed by atoms with van der Waals surface area (Å²) in [6.45, 7) is 6.74. The summed E-state index contributed by atoms with van der Waals surface area (Å²) < 4.78 is 24.7. The number of hydrogen-bond donors (Lipinski definition) is 1. The molecule has 0 aromatic carbocycles. The Bertz CT molecular complexity index is 553. The maximum atomic E-state index is 11.5. The Morgan fingerprint density at radius 1 is 1.33 bits per heavy atom. The number of anilines is 1. The van der Waals surface area contributed by atoms with Gasteiger partial charge in [-0.3, -0.25) is 4.68 Å². The molecule has 0 spiro atoms. The van der Waals surface area contributed by atoms with Crippen LogP contribution in [-0.2, 0) is 16.4 Å². The van der Waals surface area contributed by atoms with Gasteiger partial charge in [-0.2, -0.15) is 5.10 Å². The van der Waals surface area contributed by atoms with E-state index in [1.54, 1.807) is 11.6 Å². The molecule has 0 unspecified atom stereocenters. The Morgan fingerprint density at radius 2 is 2.10 bits per heavy atom. The summed E-state index contributed by atoms with van der Waals surface area (Å²) in [5, 5.41) is 7.91. The molecule has 0 radical (unpaired) electrons. The molecule has 6 heteroatoms. The maximum absolute atomic E-state index is 11.5. The highest BCUT2D eigenvalue weighted by atomic mass is 32.2. The number of aromatic nitrogens is 2. The van der Waals surface area contributed by atoms with Crippen molar-refractivity contribution in [1.29, 1.82) is 0 Å². The summed E-state index contributed by atoms with van der Waals surface area (Å²) in [7, 11) is -2.93. The van der Waals surface area contributed by atoms with Crippen molar-refractivity contribution in [3.8, 4) is 0 Å². The average molecular weight is 313 g/mol. The fraction of sp³-hybridized carbons (Fsp3) is 0.800. The molecular formula is C15H27N3O2S. The lowest BCUT2D eigenvalue weighted by Crippen LogP contribution is -2.30. The van der Waals surface area contributed by atoms with Crippen LogP contribution in [0, 0.1) is 11.8 Å². The van der Waals surface area contributed by atoms with Gasteiger partial charge in [-0.05, 0) is 31.1 Å². The van der Waals surface area contributed by atoms with Crippen LogP contribution in [-0.4, -0.2) is 35.7 Å². The van der Waals surface area contributed by atoms with Crippen molar-refractivity contribution >= 4 is 15.7 Å². The van der Waals surface area contributed by atoms with Gasteiger partial charge in [0.1, 0.15) is 5.82 Å². The van der Waals surface area contributed by atoms with Gasteiger partial charge in [0.05, 0.1) is 12.3 Å². The minimum absolute atomic E-state index is 0.155. The lowest BCUT2D eigenvalue weighted by Gasteiger charge is -2.32. The molecule has 1 saturated carbocycles. The first kappa shape index (κ1) is 16.3. The third kappa shape index (κ3) is 4.73. The number of aryl methyl sites for hydroxylation is 1. The third-order valence-corrected chi connectivity index (χ3v) is 6.35. The summed E-state index contributed by atoms with van der Waals surface area (Å²) in [6, 6.07) is 2.42. The van der Waals surface area contributed by atoms with Gasteiger partial charge in [-0.25, -0.2) is 8.42 Å². The Labute approximate surface area is 128 Å². The third-order valence-electron chi connectivity index (χ3n) is 4.66. The van der Waals surface area contributed by atoms with E-state index in [9.17, 15) is 8.42 Å². The lowest BCUT2D eigenvalue weighted by atomic mass is 9.79. The Kier molecular flexibility index (Phi) is 5.30. The van der Waals surface area contributed by atoms with Crippen molar-refractivity contribution in [3.63, 3.8) is 0 Å². The standard InChI is InChI=1S/C15H27N3O2S/c1-4-21(19,20)10-9-18-8-7-15(17-18)16-14-6-5-12(2)13(3)11-14/h7-8,12-14H,4-6,9-11H2,1-3H3,(H,16,17)/t12-,13-,14-/m1/s1. The van der Waals surface area contributed by atoms with E-state index < -0.39 is 9.84 Å². The van der Waals surface area contributed by atoms with Gasteiger partial charge < -0.3 is 5.32 Å². The molecule has 0 bridgehead atoms. The van der Waals surface area contributed by atoms with Crippen LogP contribution in [0.4, 0.5) is 5.82 Å². The SMILES string of the molecule is CCS(=O)(=O)CCn1ccc(N[C@@H]2CC[C@@H](C)[C@H](C)C2)n1. The largest absolute Gasteiger partial charge is 0.366 e. The van der Waals surface area contributed by atoms with Crippen LogP contribution in [0.1, 0.15) is 40.0 Å². The molecule has 0 amide bonds. The van der Waals surface area contributed by atoms with Gasteiger partial charge >= 0.3 is 0 Å². The molecule has 5 nitrogen and oxygen atoms in total. The highest BCUT2D eigenvalue weighted by Crippen LogP contribution is 2.30. The topological polar surface area (TPSA) is 64.0 Å². The van der Waals surface area contributed by atoms with Gasteiger partial charge in [0.25, 0.3) is 0 Å². The van der Waals surface area contributed by atoms with E-state index >= 15 is 0 Å². The van der Waals surface area contributed by atoms with E-state index in [0.717, 1.165) is 17.7 Å². The van der Waals surface area contributed by atoms with Crippen molar-refractivity contribution in [2.75, 3.05) is 16.8 Å². The zero-order valence-corrected chi connectivity index (χ0v) is 14.1. The molecule has 21 heavy (non-hydrogen) atoms. The van der Waals surface area contributed by atoms with Crippen LogP contribution < -0.4 is 5.32 Å². The van der Waals surface area contributed by atoms with E-state index in [1.165, 1.54) is 19.3 Å². The van der Waals surface area contributed by atoms with Gasteiger partial charge in [0.2, 0.25) is 0 Å². The number of nitrogens with zero attached hydrogens (tertiary/aromatic N) is 2. The van der Waals surface area contributed by atoms with Crippen molar-refractivity contribution in [2.24, 2.45) is 11.8 Å². The van der Waals surface area contributed by atoms with Gasteiger partial charge in [0, 0.05) is 24.1 Å². The van der Waals surface area contributed by atoms with Crippen LogP contribution >= 0.6 is 0 Å². The van der Waals surface area contributed by atoms with Crippen molar-refractivity contribution < 1.29 is 8.42 Å². The predicted molar refractivity (Wildman–Crippen MR) is 86.1 cm³/mol. The molecule has 2 rings (SSSR count). The summed E-state index contributed by atoms with van der Waals surface area (Å²) in [6.07, 6.45) is 5.47. The quantitative estimate of drug-likeness (QED) is 0.876. The van der Waals surface area contributed by atoms with E-state index in [-0.39, 0.29) is 11.5 Å². The van der Waals surface area contributed by atoms with Crippen LogP contribution in [0.25, 0.3) is 0 Å². The Hall–Kier alpha value is -1.04. The molecule has 1 aromatic heterocycles. The van der Waals surface area contributed by atoms with Crippen molar-refractivity contribution in [1.82, 2.24) is 9.78 Å². The van der Waals surface area contributed by atoms with Crippen LogP contribution in [0.15, 0.2) is 12.3 Å². The second kappa shape index (κ2) is 6.81. The minimum Gasteiger partial charge on any atom is -0.366 e. The smallest absolute Gasteiger partial charge is 0.151 e. The maximum Gasteiger partial charge on any atom is 0.151 e. The van der Waals surface area contributed by atoms with E-state index in [2.05, 4.69) is 24.3 Å². The molecule has 120 valence electrons. The van der Waals surface area contributed by atoms with Gasteiger partial charge in [-0.1, -0.05) is 20.8 Å². The molecule has 1 fully saturated rings. The summed E-state index contributed by atoms with van der Waals surface area (Å²) in [5.74, 6) is 2.75. The first-order valence-electron chi connectivity index (χ1n) is 7.90. The molecule has 1 heterocycles. The summed E-state index contributed by atoms with van der Waals surface area (Å²) in [4.78, 5) is 0. The molecule has 1 aliphatic rings. The first-order valence-corrected chi connectivity index (χ1v) is 9.72. The van der Waals surface area contributed by atoms with Crippen molar-refractivity contribution in [3.05, 3.63) is 12.3 Å². The Morgan fingerprint density at radius 3 is 2.76 bits per heavy atom. The zero-order valence-electron chi connectivity index (χ0n) is 13.2. The number of hydrogen-bond acceptors (Lipinski definition) is 4. The molecular weight excluding hydrogens is 286 g/mol. The van der Waals surface area contributed by atoms with E-state index in [1.807, 2.05) is 12.3 Å². The zero-order chi connectivity index (χ0) is 15.5. The van der Waals surface area contributed by atoms with Crippen molar-refractivity contribution in [2.45, 2.75) is 52.6 Å². The molecule has 0 saturated heterocycles. The minimum atomic E-state index is -2.93. The number of rotatable bonds is 6. The Balaban J connectivity index is 1.86. The van der Waals surface area contributed by atoms with E-state index in [0.29, 0.717) is 12.6 Å². The van der Waals surface area contributed by atoms with Crippen LogP contribution in [0.5, 0.6) is 0 Å². The first-order chi connectivity index (χ1) is 9.89. The van der Waals surface area contributed by atoms with Gasteiger partial charge in [0.15, 0.2) is 9.84 Å². The molecule has 0 aliphatic heterocycles. The van der Waals surface area contributed by atoms with Gasteiger partial charge in [-0.15, -0.1) is 0 Å². The fourth-order valence-electron chi connectivity index (χ4n) is 2.83. The van der Waals surface area contributed by atoms with Crippen LogP contribution in [0.2, 0.25) is 0 Å². The highest BCUT2D eigenvalue weighted by molar-refractivity contribution is 7.91. The summed E-state index contributed by atoms with van der Waals surface area (Å²) in [5.41, 5.74) is 0. The molecule has 1 aromatic rings. The number of sulfone groups is 1. The second-order valence-corrected chi connectivity index (χ2v) is 8.78. The average Bonchev–Trinajstić information content (AvgIpc) is 2.89. The van der Waals surface area contributed by atoms with Crippen LogP contribution in [0.3, 0.4) is 0 Å².